The Morgan fingerprint density at radius 3 is 2.67 bits per heavy atom. The first-order valence-corrected chi connectivity index (χ1v) is 7.03. The molecule has 1 aromatic carbocycles. The lowest BCUT2D eigenvalue weighted by atomic mass is 10.2. The van der Waals surface area contributed by atoms with Crippen molar-refractivity contribution in [2.24, 2.45) is 0 Å². The van der Waals surface area contributed by atoms with Crippen molar-refractivity contribution in [3.05, 3.63) is 58.9 Å². The number of aliphatic hydroxyl groups excluding tert-OH is 1. The molecule has 1 unspecified atom stereocenters. The number of hydrogen-bond donors (Lipinski definition) is 1. The van der Waals surface area contributed by atoms with Crippen LogP contribution < -0.4 is 0 Å². The molecule has 2 aromatic rings. The van der Waals surface area contributed by atoms with Crippen molar-refractivity contribution in [1.82, 2.24) is 4.98 Å². The van der Waals surface area contributed by atoms with Gasteiger partial charge in [-0.1, -0.05) is 29.8 Å². The molecule has 0 spiro atoms. The van der Waals surface area contributed by atoms with Gasteiger partial charge < -0.3 is 5.11 Å². The molecule has 1 N–H and O–H groups in total. The molecular formula is C14H14ClNOS. The van der Waals surface area contributed by atoms with Gasteiger partial charge >= 0.3 is 0 Å². The summed E-state index contributed by atoms with van der Waals surface area (Å²) < 4.78 is 0. The predicted octanol–water partition coefficient (Wildman–Crippen LogP) is 4.08. The number of aliphatic hydroxyl groups is 1. The third-order valence-corrected chi connectivity index (χ3v) is 3.94. The fourth-order valence-electron chi connectivity index (χ4n) is 1.50. The Morgan fingerprint density at radius 1 is 1.28 bits per heavy atom. The Kier molecular flexibility index (Phi) is 4.64. The second-order valence-corrected chi connectivity index (χ2v) is 5.43. The van der Waals surface area contributed by atoms with Gasteiger partial charge in [-0.25, -0.2) is 0 Å². The number of thioether (sulfide) groups is 1. The first-order valence-electron chi connectivity index (χ1n) is 5.67. The van der Waals surface area contributed by atoms with Gasteiger partial charge in [0.1, 0.15) is 0 Å². The molecule has 0 bridgehead atoms. The minimum Gasteiger partial charge on any atom is -0.387 e. The molecule has 0 aliphatic rings. The number of rotatable bonds is 4. The van der Waals surface area contributed by atoms with Crippen molar-refractivity contribution in [3.8, 4) is 0 Å². The first kappa shape index (κ1) is 13.4. The Hall–Kier alpha value is -1.03. The van der Waals surface area contributed by atoms with Gasteiger partial charge in [0.05, 0.1) is 11.8 Å². The lowest BCUT2D eigenvalue weighted by Crippen LogP contribution is -1.94. The standard InChI is InChI=1S/C14H14ClNOS/c1-10(17)14-7-6-12(8-16-14)18-9-11-4-2-3-5-13(11)15/h2-8,10,17H,9H2,1H3. The van der Waals surface area contributed by atoms with E-state index in [1.165, 1.54) is 0 Å². The Morgan fingerprint density at radius 2 is 2.06 bits per heavy atom. The van der Waals surface area contributed by atoms with E-state index in [1.807, 2.05) is 36.4 Å². The van der Waals surface area contributed by atoms with Crippen molar-refractivity contribution < 1.29 is 5.11 Å². The maximum atomic E-state index is 9.37. The molecule has 94 valence electrons. The summed E-state index contributed by atoms with van der Waals surface area (Å²) in [6, 6.07) is 11.6. The molecule has 1 aromatic heterocycles. The Labute approximate surface area is 116 Å². The lowest BCUT2D eigenvalue weighted by Gasteiger charge is -2.06. The van der Waals surface area contributed by atoms with Crippen LogP contribution in [0.25, 0.3) is 0 Å². The summed E-state index contributed by atoms with van der Waals surface area (Å²) in [7, 11) is 0. The quantitative estimate of drug-likeness (QED) is 0.856. The van der Waals surface area contributed by atoms with Crippen LogP contribution in [0.1, 0.15) is 24.3 Å². The van der Waals surface area contributed by atoms with E-state index in [1.54, 1.807) is 24.9 Å². The van der Waals surface area contributed by atoms with Gasteiger partial charge in [-0.15, -0.1) is 11.8 Å². The van der Waals surface area contributed by atoms with Crippen LogP contribution in [-0.2, 0) is 5.75 Å². The minimum absolute atomic E-state index is 0.521. The highest BCUT2D eigenvalue weighted by Gasteiger charge is 2.04. The molecule has 0 aliphatic carbocycles. The second-order valence-electron chi connectivity index (χ2n) is 3.97. The number of aromatic nitrogens is 1. The number of benzene rings is 1. The summed E-state index contributed by atoms with van der Waals surface area (Å²) in [5.41, 5.74) is 1.81. The van der Waals surface area contributed by atoms with Crippen molar-refractivity contribution >= 4 is 23.4 Å². The van der Waals surface area contributed by atoms with Gasteiger partial charge in [0.25, 0.3) is 0 Å². The molecule has 0 amide bonds. The van der Waals surface area contributed by atoms with Crippen LogP contribution in [0.4, 0.5) is 0 Å². The summed E-state index contributed by atoms with van der Waals surface area (Å²) in [6.45, 7) is 1.71. The highest BCUT2D eigenvalue weighted by molar-refractivity contribution is 7.98. The van der Waals surface area contributed by atoms with E-state index in [-0.39, 0.29) is 0 Å². The van der Waals surface area contributed by atoms with Crippen molar-refractivity contribution in [2.45, 2.75) is 23.7 Å². The van der Waals surface area contributed by atoms with Gasteiger partial charge in [0.2, 0.25) is 0 Å². The molecule has 4 heteroatoms. The van der Waals surface area contributed by atoms with E-state index >= 15 is 0 Å². The summed E-state index contributed by atoms with van der Waals surface area (Å²) >= 11 is 7.77. The van der Waals surface area contributed by atoms with E-state index in [0.29, 0.717) is 5.69 Å². The van der Waals surface area contributed by atoms with Crippen molar-refractivity contribution in [3.63, 3.8) is 0 Å². The maximum Gasteiger partial charge on any atom is 0.0931 e. The van der Waals surface area contributed by atoms with E-state index in [4.69, 9.17) is 11.6 Å². The van der Waals surface area contributed by atoms with Crippen LogP contribution in [0, 0.1) is 0 Å². The van der Waals surface area contributed by atoms with Gasteiger partial charge in [-0.05, 0) is 30.7 Å². The molecule has 1 atom stereocenters. The fraction of sp³-hybridized carbons (Fsp3) is 0.214. The van der Waals surface area contributed by atoms with E-state index in [2.05, 4.69) is 4.98 Å². The van der Waals surface area contributed by atoms with Crippen LogP contribution in [-0.4, -0.2) is 10.1 Å². The minimum atomic E-state index is -0.521. The average molecular weight is 280 g/mol. The predicted molar refractivity (Wildman–Crippen MR) is 75.9 cm³/mol. The summed E-state index contributed by atoms with van der Waals surface area (Å²) in [4.78, 5) is 5.28. The maximum absolute atomic E-state index is 9.37. The van der Waals surface area contributed by atoms with Crippen molar-refractivity contribution in [2.75, 3.05) is 0 Å². The van der Waals surface area contributed by atoms with Crippen LogP contribution in [0.15, 0.2) is 47.5 Å². The smallest absolute Gasteiger partial charge is 0.0931 e. The highest BCUT2D eigenvalue weighted by Crippen LogP contribution is 2.26. The van der Waals surface area contributed by atoms with Gasteiger partial charge in [-0.2, -0.15) is 0 Å². The SMILES string of the molecule is CC(O)c1ccc(SCc2ccccc2Cl)cn1. The van der Waals surface area contributed by atoms with Crippen LogP contribution in [0.5, 0.6) is 0 Å². The van der Waals surface area contributed by atoms with Crippen LogP contribution in [0.3, 0.4) is 0 Å². The molecule has 0 saturated carbocycles. The summed E-state index contributed by atoms with van der Waals surface area (Å²) in [5, 5.41) is 10.2. The highest BCUT2D eigenvalue weighted by atomic mass is 35.5. The Bertz CT molecular complexity index is 513. The third-order valence-electron chi connectivity index (χ3n) is 2.54. The number of halogens is 1. The van der Waals surface area contributed by atoms with E-state index in [9.17, 15) is 5.11 Å². The molecule has 0 radical (unpaired) electrons. The van der Waals surface area contributed by atoms with Crippen molar-refractivity contribution in [1.29, 1.82) is 0 Å². The molecule has 0 saturated heterocycles. The second kappa shape index (κ2) is 6.23. The molecule has 2 rings (SSSR count). The zero-order valence-corrected chi connectivity index (χ0v) is 11.6. The van der Waals surface area contributed by atoms with Gasteiger partial charge in [-0.3, -0.25) is 4.98 Å². The third kappa shape index (κ3) is 3.48. The zero-order valence-electron chi connectivity index (χ0n) is 10.0. The lowest BCUT2D eigenvalue weighted by molar-refractivity contribution is 0.194. The van der Waals surface area contributed by atoms with Gasteiger partial charge in [0.15, 0.2) is 0 Å². The molecular weight excluding hydrogens is 266 g/mol. The monoisotopic (exact) mass is 279 g/mol. The van der Waals surface area contributed by atoms with E-state index in [0.717, 1.165) is 21.2 Å². The van der Waals surface area contributed by atoms with Crippen LogP contribution >= 0.6 is 23.4 Å². The number of nitrogens with zero attached hydrogens (tertiary/aromatic N) is 1. The molecule has 0 aliphatic heterocycles. The normalized spacial score (nSPS) is 12.4. The average Bonchev–Trinajstić information content (AvgIpc) is 2.38. The number of pyridine rings is 1. The Balaban J connectivity index is 2.00. The molecule has 0 fully saturated rings. The topological polar surface area (TPSA) is 33.1 Å². The molecule has 18 heavy (non-hydrogen) atoms. The first-order chi connectivity index (χ1) is 8.66. The number of hydrogen-bond acceptors (Lipinski definition) is 3. The fourth-order valence-corrected chi connectivity index (χ4v) is 2.65. The largest absolute Gasteiger partial charge is 0.387 e. The summed E-state index contributed by atoms with van der Waals surface area (Å²) in [6.07, 6.45) is 1.26. The summed E-state index contributed by atoms with van der Waals surface area (Å²) in [5.74, 6) is 0.815. The molecule has 2 nitrogen and oxygen atoms in total. The van der Waals surface area contributed by atoms with Gasteiger partial charge in [0, 0.05) is 21.9 Å². The zero-order chi connectivity index (χ0) is 13.0. The molecule has 1 heterocycles. The van der Waals surface area contributed by atoms with E-state index < -0.39 is 6.10 Å². The van der Waals surface area contributed by atoms with Crippen LogP contribution in [0.2, 0.25) is 5.02 Å².